The van der Waals surface area contributed by atoms with E-state index in [0.717, 1.165) is 18.8 Å². The van der Waals surface area contributed by atoms with Gasteiger partial charge in [0, 0.05) is 24.9 Å². The third kappa shape index (κ3) is 2.54. The Bertz CT molecular complexity index is 659. The van der Waals surface area contributed by atoms with E-state index in [-0.39, 0.29) is 17.7 Å². The van der Waals surface area contributed by atoms with E-state index in [9.17, 15) is 9.59 Å². The molecular formula is C17H21N3O2S. The number of carbonyl (C=O) groups excluding carboxylic acids is 2. The monoisotopic (exact) mass is 331 g/mol. The maximum atomic E-state index is 12.8. The molecule has 4 rings (SSSR count). The van der Waals surface area contributed by atoms with E-state index in [4.69, 9.17) is 0 Å². The van der Waals surface area contributed by atoms with E-state index in [0.29, 0.717) is 17.3 Å². The first-order valence-electron chi connectivity index (χ1n) is 8.11. The summed E-state index contributed by atoms with van der Waals surface area (Å²) in [5.41, 5.74) is 0.629. The Morgan fingerprint density at radius 2 is 2.13 bits per heavy atom. The lowest BCUT2D eigenvalue weighted by atomic mass is 9.86. The number of amides is 2. The fourth-order valence-electron chi connectivity index (χ4n) is 3.96. The molecule has 0 spiro atoms. The van der Waals surface area contributed by atoms with Gasteiger partial charge in [0.2, 0.25) is 5.91 Å². The summed E-state index contributed by atoms with van der Waals surface area (Å²) in [6.07, 6.45) is 1.17. The Morgan fingerprint density at radius 3 is 2.91 bits per heavy atom. The van der Waals surface area contributed by atoms with Crippen molar-refractivity contribution in [1.29, 1.82) is 0 Å². The number of hydrogen-bond donors (Lipinski definition) is 2. The topological polar surface area (TPSA) is 61.4 Å². The lowest BCUT2D eigenvalue weighted by molar-refractivity contribution is -0.121. The van der Waals surface area contributed by atoms with Crippen LogP contribution in [0.2, 0.25) is 0 Å². The molecule has 2 amide bonds. The number of anilines is 1. The lowest BCUT2D eigenvalue weighted by Crippen LogP contribution is -2.56. The van der Waals surface area contributed by atoms with E-state index in [1.807, 2.05) is 30.8 Å². The van der Waals surface area contributed by atoms with Crippen molar-refractivity contribution in [2.24, 2.45) is 5.92 Å². The first-order chi connectivity index (χ1) is 11.1. The van der Waals surface area contributed by atoms with Gasteiger partial charge in [-0.05, 0) is 31.2 Å². The largest absolute Gasteiger partial charge is 0.345 e. The molecule has 3 heterocycles. The molecule has 1 aromatic carbocycles. The average molecular weight is 331 g/mol. The van der Waals surface area contributed by atoms with Gasteiger partial charge < -0.3 is 10.6 Å². The SMILES string of the molecule is C[C@]12CN([C@@H]3CCSC3)C[C@H]1C(=O)Nc1ccccc1C(=O)N2. The summed E-state index contributed by atoms with van der Waals surface area (Å²) in [4.78, 5) is 27.8. The molecular weight excluding hydrogens is 310 g/mol. The van der Waals surface area contributed by atoms with E-state index in [1.165, 1.54) is 12.2 Å². The Morgan fingerprint density at radius 1 is 1.30 bits per heavy atom. The highest BCUT2D eigenvalue weighted by Gasteiger charge is 2.50. The first-order valence-corrected chi connectivity index (χ1v) is 9.26. The molecule has 0 unspecified atom stereocenters. The molecule has 0 aliphatic carbocycles. The van der Waals surface area contributed by atoms with Gasteiger partial charge in [-0.1, -0.05) is 12.1 Å². The molecule has 122 valence electrons. The van der Waals surface area contributed by atoms with Crippen LogP contribution in [0.4, 0.5) is 5.69 Å². The van der Waals surface area contributed by atoms with Gasteiger partial charge in [-0.15, -0.1) is 0 Å². The van der Waals surface area contributed by atoms with Crippen LogP contribution in [-0.4, -0.2) is 52.9 Å². The summed E-state index contributed by atoms with van der Waals surface area (Å²) in [6, 6.07) is 7.73. The van der Waals surface area contributed by atoms with Crippen molar-refractivity contribution in [3.8, 4) is 0 Å². The lowest BCUT2D eigenvalue weighted by Gasteiger charge is -2.33. The van der Waals surface area contributed by atoms with E-state index in [1.54, 1.807) is 12.1 Å². The zero-order chi connectivity index (χ0) is 16.0. The standard InChI is InChI=1S/C17H21N3O2S/c1-17-10-20(11-6-7-23-9-11)8-13(17)16(22)18-14-5-3-2-4-12(14)15(21)19-17/h2-5,11,13H,6-10H2,1H3,(H,18,22)(H,19,21)/t11-,13+,17+/m1/s1. The second kappa shape index (κ2) is 5.53. The van der Waals surface area contributed by atoms with E-state index < -0.39 is 5.54 Å². The molecule has 6 heteroatoms. The third-order valence-corrected chi connectivity index (χ3v) is 6.43. The highest BCUT2D eigenvalue weighted by atomic mass is 32.2. The first kappa shape index (κ1) is 15.0. The molecule has 3 atom stereocenters. The van der Waals surface area contributed by atoms with Crippen molar-refractivity contribution >= 4 is 29.3 Å². The molecule has 23 heavy (non-hydrogen) atoms. The summed E-state index contributed by atoms with van der Waals surface area (Å²) in [7, 11) is 0. The van der Waals surface area contributed by atoms with Crippen molar-refractivity contribution < 1.29 is 9.59 Å². The molecule has 2 fully saturated rings. The number of rotatable bonds is 1. The Labute approximate surface area is 140 Å². The highest BCUT2D eigenvalue weighted by Crippen LogP contribution is 2.35. The maximum Gasteiger partial charge on any atom is 0.253 e. The number of carbonyl (C=O) groups is 2. The fraction of sp³-hybridized carbons (Fsp3) is 0.529. The zero-order valence-corrected chi connectivity index (χ0v) is 14.0. The Hall–Kier alpha value is -1.53. The molecule has 0 saturated carbocycles. The number of hydrogen-bond acceptors (Lipinski definition) is 4. The van der Waals surface area contributed by atoms with Gasteiger partial charge in [-0.2, -0.15) is 11.8 Å². The minimum atomic E-state index is -0.512. The number of likely N-dealkylation sites (tertiary alicyclic amines) is 1. The molecule has 0 bridgehead atoms. The molecule has 2 N–H and O–H groups in total. The van der Waals surface area contributed by atoms with Gasteiger partial charge in [0.1, 0.15) is 0 Å². The summed E-state index contributed by atoms with van der Waals surface area (Å²) in [6.45, 7) is 3.46. The van der Waals surface area contributed by atoms with Crippen LogP contribution in [0.25, 0.3) is 0 Å². The molecule has 5 nitrogen and oxygen atoms in total. The second-order valence-electron chi connectivity index (χ2n) is 6.91. The predicted octanol–water partition coefficient (Wildman–Crippen LogP) is 1.56. The molecule has 2 saturated heterocycles. The van der Waals surface area contributed by atoms with Crippen LogP contribution in [0.1, 0.15) is 23.7 Å². The van der Waals surface area contributed by atoms with Crippen LogP contribution in [0.3, 0.4) is 0 Å². The normalized spacial score (nSPS) is 34.1. The Balaban J connectivity index is 1.66. The van der Waals surface area contributed by atoms with Crippen molar-refractivity contribution in [2.45, 2.75) is 24.9 Å². The van der Waals surface area contributed by atoms with Gasteiger partial charge in [-0.3, -0.25) is 14.5 Å². The molecule has 0 aromatic heterocycles. The smallest absolute Gasteiger partial charge is 0.253 e. The zero-order valence-electron chi connectivity index (χ0n) is 13.2. The van der Waals surface area contributed by atoms with Crippen LogP contribution in [-0.2, 0) is 4.79 Å². The van der Waals surface area contributed by atoms with Crippen LogP contribution in [0, 0.1) is 5.92 Å². The molecule has 1 aromatic rings. The summed E-state index contributed by atoms with van der Waals surface area (Å²) >= 11 is 1.97. The van der Waals surface area contributed by atoms with Crippen LogP contribution >= 0.6 is 11.8 Å². The van der Waals surface area contributed by atoms with Gasteiger partial charge >= 0.3 is 0 Å². The van der Waals surface area contributed by atoms with Crippen molar-refractivity contribution in [1.82, 2.24) is 10.2 Å². The number of para-hydroxylation sites is 1. The number of fused-ring (bicyclic) bond motifs is 2. The van der Waals surface area contributed by atoms with Crippen LogP contribution in [0.15, 0.2) is 24.3 Å². The average Bonchev–Trinajstić information content (AvgIpc) is 3.14. The quantitative estimate of drug-likeness (QED) is 0.820. The number of thioether (sulfide) groups is 1. The van der Waals surface area contributed by atoms with E-state index >= 15 is 0 Å². The highest BCUT2D eigenvalue weighted by molar-refractivity contribution is 7.99. The minimum absolute atomic E-state index is 0.00750. The van der Waals surface area contributed by atoms with Gasteiger partial charge in [0.25, 0.3) is 5.91 Å². The second-order valence-corrected chi connectivity index (χ2v) is 8.06. The molecule has 0 radical (unpaired) electrons. The van der Waals surface area contributed by atoms with Gasteiger partial charge in [0.15, 0.2) is 0 Å². The van der Waals surface area contributed by atoms with Gasteiger partial charge in [-0.25, -0.2) is 0 Å². The Kier molecular flexibility index (Phi) is 3.61. The number of nitrogens with zero attached hydrogens (tertiary/aromatic N) is 1. The van der Waals surface area contributed by atoms with Crippen molar-refractivity contribution in [3.63, 3.8) is 0 Å². The minimum Gasteiger partial charge on any atom is -0.345 e. The third-order valence-electron chi connectivity index (χ3n) is 5.28. The fourth-order valence-corrected chi connectivity index (χ4v) is 5.21. The molecule has 3 aliphatic rings. The van der Waals surface area contributed by atoms with E-state index in [2.05, 4.69) is 15.5 Å². The number of benzene rings is 1. The summed E-state index contributed by atoms with van der Waals surface area (Å²) in [5.74, 6) is 2.00. The van der Waals surface area contributed by atoms with Crippen LogP contribution < -0.4 is 10.6 Å². The van der Waals surface area contributed by atoms with Crippen molar-refractivity contribution in [2.75, 3.05) is 29.9 Å². The number of nitrogens with one attached hydrogen (secondary N) is 2. The maximum absolute atomic E-state index is 12.8. The van der Waals surface area contributed by atoms with Gasteiger partial charge in [0.05, 0.1) is 22.7 Å². The summed E-state index contributed by atoms with van der Waals surface area (Å²) in [5, 5.41) is 6.12. The molecule has 3 aliphatic heterocycles. The predicted molar refractivity (Wildman–Crippen MR) is 91.7 cm³/mol. The van der Waals surface area contributed by atoms with Crippen molar-refractivity contribution in [3.05, 3.63) is 29.8 Å². The summed E-state index contributed by atoms with van der Waals surface area (Å²) < 4.78 is 0. The van der Waals surface area contributed by atoms with Crippen LogP contribution in [0.5, 0.6) is 0 Å².